The highest BCUT2D eigenvalue weighted by Gasteiger charge is 2.17. The fraction of sp³-hybridized carbons (Fsp3) is 0.286. The van der Waals surface area contributed by atoms with Crippen molar-refractivity contribution in [1.29, 1.82) is 0 Å². The fourth-order valence-corrected chi connectivity index (χ4v) is 4.63. The van der Waals surface area contributed by atoms with Crippen molar-refractivity contribution in [3.8, 4) is 0 Å². The zero-order valence-electron chi connectivity index (χ0n) is 16.3. The molecule has 0 saturated carbocycles. The summed E-state index contributed by atoms with van der Waals surface area (Å²) in [7, 11) is 1.26. The molecule has 1 amide bonds. The maximum atomic E-state index is 12.9. The first-order valence-corrected chi connectivity index (χ1v) is 10.3. The van der Waals surface area contributed by atoms with Gasteiger partial charge in [0.1, 0.15) is 6.54 Å². The Morgan fingerprint density at radius 1 is 1.17 bits per heavy atom. The van der Waals surface area contributed by atoms with E-state index in [1.165, 1.54) is 46.3 Å². The Morgan fingerprint density at radius 2 is 1.93 bits per heavy atom. The second-order valence-corrected chi connectivity index (χ2v) is 8.07. The van der Waals surface area contributed by atoms with Crippen LogP contribution in [0.5, 0.6) is 0 Å². The van der Waals surface area contributed by atoms with Gasteiger partial charge in [-0.1, -0.05) is 17.4 Å². The number of non-ortho nitro benzene ring substituents is 1. The molecule has 0 aliphatic heterocycles. The van der Waals surface area contributed by atoms with Crippen LogP contribution in [0.3, 0.4) is 0 Å². The van der Waals surface area contributed by atoms with E-state index in [0.717, 1.165) is 25.7 Å². The minimum absolute atomic E-state index is 0.105. The Kier molecular flexibility index (Phi) is 5.45. The zero-order chi connectivity index (χ0) is 21.3. The van der Waals surface area contributed by atoms with Gasteiger partial charge in [0.05, 0.1) is 22.2 Å². The first kappa shape index (κ1) is 20.0. The van der Waals surface area contributed by atoms with Gasteiger partial charge in [0.15, 0.2) is 4.80 Å². The van der Waals surface area contributed by atoms with Gasteiger partial charge < -0.3 is 9.30 Å². The maximum absolute atomic E-state index is 12.9. The molecule has 1 heterocycles. The van der Waals surface area contributed by atoms with Gasteiger partial charge in [-0.3, -0.25) is 19.7 Å². The molecule has 4 rings (SSSR count). The lowest BCUT2D eigenvalue weighted by molar-refractivity contribution is -0.384. The number of hydrogen-bond acceptors (Lipinski definition) is 6. The first-order valence-electron chi connectivity index (χ1n) is 9.52. The number of nitro benzene ring substituents is 1. The highest BCUT2D eigenvalue weighted by Crippen LogP contribution is 2.24. The minimum atomic E-state index is -0.538. The van der Waals surface area contributed by atoms with Crippen molar-refractivity contribution < 1.29 is 19.2 Å². The van der Waals surface area contributed by atoms with E-state index in [4.69, 9.17) is 4.74 Å². The molecule has 9 heteroatoms. The fourth-order valence-electron chi connectivity index (χ4n) is 3.62. The molecule has 1 aliphatic rings. The van der Waals surface area contributed by atoms with Crippen molar-refractivity contribution in [2.75, 3.05) is 7.11 Å². The van der Waals surface area contributed by atoms with Crippen LogP contribution >= 0.6 is 11.3 Å². The molecule has 0 atom stereocenters. The minimum Gasteiger partial charge on any atom is -0.468 e. The summed E-state index contributed by atoms with van der Waals surface area (Å²) in [5, 5.41) is 11.2. The smallest absolute Gasteiger partial charge is 0.325 e. The van der Waals surface area contributed by atoms with E-state index >= 15 is 0 Å². The number of ether oxygens (including phenoxy) is 1. The van der Waals surface area contributed by atoms with Crippen molar-refractivity contribution in [2.24, 2.45) is 4.99 Å². The topological polar surface area (TPSA) is 104 Å². The molecular formula is C21H19N3O5S. The number of aryl methyl sites for hydroxylation is 2. The molecule has 0 unspecified atom stereocenters. The molecule has 0 radical (unpaired) electrons. The Balaban J connectivity index is 1.81. The SMILES string of the molecule is COC(=O)Cn1c(=NC(=O)c2ccc3c(c2)CCCC3)sc2ccc([N+](=O)[O-])cc21. The summed E-state index contributed by atoms with van der Waals surface area (Å²) < 4.78 is 6.90. The van der Waals surface area contributed by atoms with Gasteiger partial charge in [-0.15, -0.1) is 0 Å². The van der Waals surface area contributed by atoms with Crippen LogP contribution in [0.15, 0.2) is 41.4 Å². The number of amides is 1. The van der Waals surface area contributed by atoms with E-state index in [-0.39, 0.29) is 12.2 Å². The van der Waals surface area contributed by atoms with Crippen LogP contribution in [0.1, 0.15) is 34.3 Å². The molecule has 1 aliphatic carbocycles. The summed E-state index contributed by atoms with van der Waals surface area (Å²) in [6.45, 7) is -0.200. The zero-order valence-corrected chi connectivity index (χ0v) is 17.1. The van der Waals surface area contributed by atoms with Gasteiger partial charge in [-0.25, -0.2) is 0 Å². The van der Waals surface area contributed by atoms with Gasteiger partial charge in [0, 0.05) is 17.7 Å². The number of methoxy groups -OCH3 is 1. The van der Waals surface area contributed by atoms with Crippen molar-refractivity contribution in [3.63, 3.8) is 0 Å². The van der Waals surface area contributed by atoms with Crippen LogP contribution < -0.4 is 4.80 Å². The maximum Gasteiger partial charge on any atom is 0.325 e. The van der Waals surface area contributed by atoms with E-state index < -0.39 is 16.8 Å². The highest BCUT2D eigenvalue weighted by molar-refractivity contribution is 7.16. The van der Waals surface area contributed by atoms with Crippen LogP contribution in [0, 0.1) is 10.1 Å². The predicted molar refractivity (Wildman–Crippen MR) is 111 cm³/mol. The Bertz CT molecular complexity index is 1240. The summed E-state index contributed by atoms with van der Waals surface area (Å²) in [4.78, 5) is 40.0. The van der Waals surface area contributed by atoms with E-state index in [2.05, 4.69) is 4.99 Å². The third-order valence-electron chi connectivity index (χ3n) is 5.18. The van der Waals surface area contributed by atoms with Crippen molar-refractivity contribution in [2.45, 2.75) is 32.2 Å². The largest absolute Gasteiger partial charge is 0.468 e. The molecule has 30 heavy (non-hydrogen) atoms. The number of thiazole rings is 1. The lowest BCUT2D eigenvalue weighted by atomic mass is 9.90. The lowest BCUT2D eigenvalue weighted by Crippen LogP contribution is -2.22. The monoisotopic (exact) mass is 425 g/mol. The second kappa shape index (κ2) is 8.19. The number of hydrogen-bond donors (Lipinski definition) is 0. The van der Waals surface area contributed by atoms with E-state index in [0.29, 0.717) is 20.6 Å². The van der Waals surface area contributed by atoms with E-state index in [1.807, 2.05) is 12.1 Å². The van der Waals surface area contributed by atoms with Gasteiger partial charge in [-0.2, -0.15) is 4.99 Å². The Labute approximate surface area is 175 Å². The Morgan fingerprint density at radius 3 is 2.67 bits per heavy atom. The molecule has 2 aromatic carbocycles. The number of rotatable bonds is 4. The normalized spacial score (nSPS) is 13.8. The van der Waals surface area contributed by atoms with E-state index in [9.17, 15) is 19.7 Å². The number of carbonyl (C=O) groups excluding carboxylic acids is 2. The lowest BCUT2D eigenvalue weighted by Gasteiger charge is -2.15. The highest BCUT2D eigenvalue weighted by atomic mass is 32.1. The van der Waals surface area contributed by atoms with Crippen molar-refractivity contribution in [1.82, 2.24) is 4.57 Å². The first-order chi connectivity index (χ1) is 14.5. The van der Waals surface area contributed by atoms with Crippen LogP contribution in [-0.2, 0) is 28.9 Å². The number of nitrogens with zero attached hydrogens (tertiary/aromatic N) is 3. The molecule has 1 aromatic heterocycles. The number of carbonyl (C=O) groups is 2. The van der Waals surface area contributed by atoms with E-state index in [1.54, 1.807) is 12.1 Å². The Hall–Kier alpha value is -3.33. The molecule has 0 spiro atoms. The molecule has 3 aromatic rings. The summed E-state index contributed by atoms with van der Waals surface area (Å²) in [5.41, 5.74) is 3.29. The number of aromatic nitrogens is 1. The average molecular weight is 425 g/mol. The van der Waals surface area contributed by atoms with Crippen LogP contribution in [0.25, 0.3) is 10.2 Å². The number of fused-ring (bicyclic) bond motifs is 2. The summed E-state index contributed by atoms with van der Waals surface area (Å²) >= 11 is 1.19. The predicted octanol–water partition coefficient (Wildman–Crippen LogP) is 3.40. The molecule has 8 nitrogen and oxygen atoms in total. The third-order valence-corrected chi connectivity index (χ3v) is 6.24. The molecule has 0 saturated heterocycles. The summed E-state index contributed by atoms with van der Waals surface area (Å²) in [6.07, 6.45) is 4.24. The van der Waals surface area contributed by atoms with Gasteiger partial charge in [-0.05, 0) is 55.0 Å². The summed E-state index contributed by atoms with van der Waals surface area (Å²) in [5.74, 6) is -0.952. The molecule has 0 bridgehead atoms. The quantitative estimate of drug-likeness (QED) is 0.362. The van der Waals surface area contributed by atoms with Gasteiger partial charge in [0.25, 0.3) is 11.6 Å². The number of esters is 1. The van der Waals surface area contributed by atoms with Crippen LogP contribution in [-0.4, -0.2) is 28.5 Å². The summed E-state index contributed by atoms with van der Waals surface area (Å²) in [6, 6.07) is 10.00. The molecule has 154 valence electrons. The molecular weight excluding hydrogens is 406 g/mol. The van der Waals surface area contributed by atoms with Crippen molar-refractivity contribution >= 4 is 39.1 Å². The second-order valence-electron chi connectivity index (χ2n) is 7.06. The number of nitro groups is 1. The van der Waals surface area contributed by atoms with Crippen LogP contribution in [0.4, 0.5) is 5.69 Å². The molecule has 0 N–H and O–H groups in total. The van der Waals surface area contributed by atoms with Crippen molar-refractivity contribution in [3.05, 3.63) is 68.0 Å². The van der Waals surface area contributed by atoms with Crippen LogP contribution in [0.2, 0.25) is 0 Å². The van der Waals surface area contributed by atoms with Gasteiger partial charge >= 0.3 is 5.97 Å². The number of benzene rings is 2. The third kappa shape index (κ3) is 3.88. The van der Waals surface area contributed by atoms with Gasteiger partial charge in [0.2, 0.25) is 0 Å². The molecule has 0 fully saturated rings. The average Bonchev–Trinajstić information content (AvgIpc) is 3.09. The standard InChI is InChI=1S/C21H19N3O5S/c1-29-19(25)12-23-17-11-16(24(27)28)8-9-18(17)30-21(23)22-20(26)15-7-6-13-4-2-3-5-14(13)10-15/h6-11H,2-5,12H2,1H3.